The summed E-state index contributed by atoms with van der Waals surface area (Å²) in [4.78, 5) is 2.31. The summed E-state index contributed by atoms with van der Waals surface area (Å²) < 4.78 is 25.3. The van der Waals surface area contributed by atoms with Crippen LogP contribution < -0.4 is 14.8 Å². The Kier molecular flexibility index (Phi) is 3.89. The summed E-state index contributed by atoms with van der Waals surface area (Å²) in [7, 11) is 0. The lowest BCUT2D eigenvalue weighted by molar-refractivity contribution is 0.173. The van der Waals surface area contributed by atoms with E-state index in [1.807, 2.05) is 30.3 Å². The number of nitrogens with one attached hydrogen (secondary N) is 1. The first-order valence-corrected chi connectivity index (χ1v) is 7.92. The molecule has 1 fully saturated rings. The highest BCUT2D eigenvalue weighted by molar-refractivity contribution is 5.47. The molecule has 4 nitrogen and oxygen atoms in total. The van der Waals surface area contributed by atoms with Crippen molar-refractivity contribution in [3.8, 4) is 11.5 Å². The number of benzene rings is 2. The van der Waals surface area contributed by atoms with Crippen molar-refractivity contribution >= 4 is 0 Å². The third-order valence-corrected chi connectivity index (χ3v) is 4.43. The van der Waals surface area contributed by atoms with Crippen LogP contribution in [0.1, 0.15) is 17.2 Å². The van der Waals surface area contributed by atoms with E-state index in [1.54, 1.807) is 6.07 Å². The Balaban J connectivity index is 1.77. The second-order valence-electron chi connectivity index (χ2n) is 5.82. The number of piperazine rings is 1. The maximum absolute atomic E-state index is 14.5. The van der Waals surface area contributed by atoms with Gasteiger partial charge in [-0.15, -0.1) is 0 Å². The molecular formula is C18H19FN2O2. The van der Waals surface area contributed by atoms with E-state index in [-0.39, 0.29) is 18.7 Å². The molecule has 1 saturated heterocycles. The van der Waals surface area contributed by atoms with E-state index in [4.69, 9.17) is 9.47 Å². The van der Waals surface area contributed by atoms with Crippen LogP contribution in [0.3, 0.4) is 0 Å². The average molecular weight is 314 g/mol. The first kappa shape index (κ1) is 14.5. The van der Waals surface area contributed by atoms with Gasteiger partial charge < -0.3 is 14.8 Å². The van der Waals surface area contributed by atoms with Gasteiger partial charge in [0.2, 0.25) is 6.79 Å². The van der Waals surface area contributed by atoms with Crippen molar-refractivity contribution in [2.24, 2.45) is 0 Å². The first-order chi connectivity index (χ1) is 11.3. The fourth-order valence-corrected chi connectivity index (χ4v) is 3.31. The predicted octanol–water partition coefficient (Wildman–Crippen LogP) is 2.55. The lowest BCUT2D eigenvalue weighted by Gasteiger charge is -2.35. The molecule has 2 aromatic carbocycles. The quantitative estimate of drug-likeness (QED) is 0.944. The zero-order valence-electron chi connectivity index (χ0n) is 12.8. The van der Waals surface area contributed by atoms with E-state index >= 15 is 0 Å². The van der Waals surface area contributed by atoms with E-state index in [0.717, 1.165) is 43.2 Å². The predicted molar refractivity (Wildman–Crippen MR) is 85.3 cm³/mol. The Bertz CT molecular complexity index is 701. The van der Waals surface area contributed by atoms with Crippen molar-refractivity contribution in [2.45, 2.75) is 6.04 Å². The van der Waals surface area contributed by atoms with Crippen molar-refractivity contribution in [3.05, 3.63) is 59.4 Å². The first-order valence-electron chi connectivity index (χ1n) is 7.92. The molecule has 23 heavy (non-hydrogen) atoms. The van der Waals surface area contributed by atoms with Gasteiger partial charge in [-0.1, -0.05) is 24.3 Å². The minimum Gasteiger partial charge on any atom is -0.454 e. The lowest BCUT2D eigenvalue weighted by Crippen LogP contribution is -2.45. The number of ether oxygens (including phenoxy) is 2. The summed E-state index contributed by atoms with van der Waals surface area (Å²) in [6.45, 7) is 3.84. The molecule has 2 heterocycles. The third kappa shape index (κ3) is 2.78. The molecular weight excluding hydrogens is 295 g/mol. The van der Waals surface area contributed by atoms with Crippen molar-refractivity contribution in [1.82, 2.24) is 10.2 Å². The van der Waals surface area contributed by atoms with Gasteiger partial charge in [0.15, 0.2) is 11.5 Å². The van der Waals surface area contributed by atoms with Gasteiger partial charge in [-0.2, -0.15) is 0 Å². The molecule has 0 aliphatic carbocycles. The fourth-order valence-electron chi connectivity index (χ4n) is 3.31. The van der Waals surface area contributed by atoms with Crippen LogP contribution in [-0.4, -0.2) is 37.9 Å². The molecule has 2 aliphatic rings. The standard InChI is InChI=1S/C18H19FN2O2/c19-15-4-2-1-3-14(15)18(21-9-7-20-8-10-21)13-5-6-16-17(11-13)23-12-22-16/h1-6,11,18,20H,7-10,12H2. The van der Waals surface area contributed by atoms with E-state index in [1.165, 1.54) is 6.07 Å². The van der Waals surface area contributed by atoms with Gasteiger partial charge in [-0.3, -0.25) is 4.90 Å². The molecule has 0 bridgehead atoms. The van der Waals surface area contributed by atoms with Crippen molar-refractivity contribution in [3.63, 3.8) is 0 Å². The molecule has 5 heteroatoms. The summed E-state index contributed by atoms with van der Waals surface area (Å²) in [5.41, 5.74) is 1.73. The normalized spacial score (nSPS) is 18.8. The van der Waals surface area contributed by atoms with Crippen LogP contribution in [0.15, 0.2) is 42.5 Å². The number of nitrogens with zero attached hydrogens (tertiary/aromatic N) is 1. The van der Waals surface area contributed by atoms with Crippen molar-refractivity contribution in [2.75, 3.05) is 33.0 Å². The van der Waals surface area contributed by atoms with Crippen LogP contribution in [0, 0.1) is 5.82 Å². The maximum Gasteiger partial charge on any atom is 0.231 e. The monoisotopic (exact) mass is 314 g/mol. The summed E-state index contributed by atoms with van der Waals surface area (Å²) in [6, 6.07) is 12.8. The number of fused-ring (bicyclic) bond motifs is 1. The molecule has 1 atom stereocenters. The second kappa shape index (κ2) is 6.18. The zero-order valence-corrected chi connectivity index (χ0v) is 12.8. The van der Waals surface area contributed by atoms with E-state index in [9.17, 15) is 4.39 Å². The topological polar surface area (TPSA) is 33.7 Å². The van der Waals surface area contributed by atoms with Crippen molar-refractivity contribution < 1.29 is 13.9 Å². The molecule has 1 N–H and O–H groups in total. The van der Waals surface area contributed by atoms with Gasteiger partial charge in [0, 0.05) is 31.7 Å². The van der Waals surface area contributed by atoms with Crippen LogP contribution in [0.2, 0.25) is 0 Å². The van der Waals surface area contributed by atoms with Crippen molar-refractivity contribution in [1.29, 1.82) is 0 Å². The lowest BCUT2D eigenvalue weighted by atomic mass is 9.95. The Hall–Kier alpha value is -2.11. The summed E-state index contributed by atoms with van der Waals surface area (Å²) >= 11 is 0. The molecule has 4 rings (SSSR count). The Morgan fingerprint density at radius 3 is 2.61 bits per heavy atom. The smallest absolute Gasteiger partial charge is 0.231 e. The molecule has 0 amide bonds. The highest BCUT2D eigenvalue weighted by atomic mass is 19.1. The van der Waals surface area contributed by atoms with E-state index in [0.29, 0.717) is 5.56 Å². The van der Waals surface area contributed by atoms with Gasteiger partial charge in [-0.25, -0.2) is 4.39 Å². The van der Waals surface area contributed by atoms with Gasteiger partial charge in [0.1, 0.15) is 5.82 Å². The largest absolute Gasteiger partial charge is 0.454 e. The molecule has 0 aromatic heterocycles. The van der Waals surface area contributed by atoms with Gasteiger partial charge in [0.05, 0.1) is 6.04 Å². The molecule has 0 radical (unpaired) electrons. The van der Waals surface area contributed by atoms with E-state index < -0.39 is 0 Å². The summed E-state index contributed by atoms with van der Waals surface area (Å²) in [5, 5.41) is 3.35. The maximum atomic E-state index is 14.5. The van der Waals surface area contributed by atoms with Gasteiger partial charge >= 0.3 is 0 Å². The van der Waals surface area contributed by atoms with Gasteiger partial charge in [-0.05, 0) is 23.8 Å². The highest BCUT2D eigenvalue weighted by Gasteiger charge is 2.27. The molecule has 120 valence electrons. The zero-order chi connectivity index (χ0) is 15.6. The Labute approximate surface area is 134 Å². The third-order valence-electron chi connectivity index (χ3n) is 4.43. The summed E-state index contributed by atoms with van der Waals surface area (Å²) in [5.74, 6) is 1.31. The molecule has 2 aliphatic heterocycles. The van der Waals surface area contributed by atoms with Gasteiger partial charge in [0.25, 0.3) is 0 Å². The molecule has 1 unspecified atom stereocenters. The molecule has 2 aromatic rings. The number of hydrogen-bond acceptors (Lipinski definition) is 4. The van der Waals surface area contributed by atoms with Crippen LogP contribution in [0.5, 0.6) is 11.5 Å². The summed E-state index contributed by atoms with van der Waals surface area (Å²) in [6.07, 6.45) is 0. The number of rotatable bonds is 3. The van der Waals surface area contributed by atoms with Crippen LogP contribution in [0.25, 0.3) is 0 Å². The number of hydrogen-bond donors (Lipinski definition) is 1. The van der Waals surface area contributed by atoms with Crippen LogP contribution in [0.4, 0.5) is 4.39 Å². The minimum absolute atomic E-state index is 0.118. The highest BCUT2D eigenvalue weighted by Crippen LogP contribution is 2.38. The molecule has 0 spiro atoms. The molecule has 0 saturated carbocycles. The Morgan fingerprint density at radius 1 is 1.00 bits per heavy atom. The SMILES string of the molecule is Fc1ccccc1C(c1ccc2c(c1)OCO2)N1CCNCC1. The number of halogens is 1. The average Bonchev–Trinajstić information content (AvgIpc) is 3.06. The Morgan fingerprint density at radius 2 is 1.78 bits per heavy atom. The fraction of sp³-hybridized carbons (Fsp3) is 0.333. The minimum atomic E-state index is -0.173. The van der Waals surface area contributed by atoms with Crippen LogP contribution in [-0.2, 0) is 0 Å². The second-order valence-corrected chi connectivity index (χ2v) is 5.82. The van der Waals surface area contributed by atoms with E-state index in [2.05, 4.69) is 10.2 Å². The van der Waals surface area contributed by atoms with Crippen LogP contribution >= 0.6 is 0 Å².